The van der Waals surface area contributed by atoms with Crippen LogP contribution in [-0.2, 0) is 0 Å². The molecule has 0 bridgehead atoms. The second-order valence-electron chi connectivity index (χ2n) is 2.86. The van der Waals surface area contributed by atoms with Crippen LogP contribution in [0.3, 0.4) is 0 Å². The molecule has 76 valence electrons. The molecule has 1 aromatic heterocycles. The zero-order valence-corrected chi connectivity index (χ0v) is 8.46. The maximum Gasteiger partial charge on any atom is 0.343 e. The molecule has 0 radical (unpaired) electrons. The Bertz CT molecular complexity index is 448. The molecule has 4 heteroatoms. The van der Waals surface area contributed by atoms with Crippen LogP contribution in [0.4, 0.5) is 4.39 Å². The second kappa shape index (κ2) is 4.23. The number of benzene rings is 1. The van der Waals surface area contributed by atoms with Crippen LogP contribution in [0.1, 0.15) is 10.4 Å². The van der Waals surface area contributed by atoms with Gasteiger partial charge >= 0.3 is 5.97 Å². The summed E-state index contributed by atoms with van der Waals surface area (Å²) in [5.41, 5.74) is 0.336. The number of hydrogen-bond donors (Lipinski definition) is 0. The number of carbonyl (C=O) groups is 1. The molecule has 2 aromatic rings. The van der Waals surface area contributed by atoms with Gasteiger partial charge in [-0.2, -0.15) is 0 Å². The van der Waals surface area contributed by atoms with Crippen LogP contribution < -0.4 is 4.74 Å². The van der Waals surface area contributed by atoms with E-state index in [1.54, 1.807) is 11.4 Å². The molecule has 0 saturated carbocycles. The van der Waals surface area contributed by atoms with Crippen molar-refractivity contribution < 1.29 is 13.9 Å². The van der Waals surface area contributed by atoms with Crippen LogP contribution in [0.25, 0.3) is 0 Å². The van der Waals surface area contributed by atoms with Gasteiger partial charge in [0.1, 0.15) is 11.6 Å². The third-order valence-electron chi connectivity index (χ3n) is 1.79. The van der Waals surface area contributed by atoms with Gasteiger partial charge in [0.15, 0.2) is 0 Å². The molecule has 0 amide bonds. The number of rotatable bonds is 2. The zero-order chi connectivity index (χ0) is 10.7. The van der Waals surface area contributed by atoms with Crippen LogP contribution in [0, 0.1) is 5.82 Å². The van der Waals surface area contributed by atoms with E-state index in [9.17, 15) is 9.18 Å². The molecule has 2 nitrogen and oxygen atoms in total. The van der Waals surface area contributed by atoms with Gasteiger partial charge in [0.25, 0.3) is 0 Å². The predicted octanol–water partition coefficient (Wildman–Crippen LogP) is 3.11. The minimum absolute atomic E-state index is 0.336. The molecule has 0 N–H and O–H groups in total. The lowest BCUT2D eigenvalue weighted by atomic mass is 10.2. The molecule has 15 heavy (non-hydrogen) atoms. The van der Waals surface area contributed by atoms with E-state index >= 15 is 0 Å². The van der Waals surface area contributed by atoms with E-state index in [4.69, 9.17) is 4.74 Å². The van der Waals surface area contributed by atoms with E-state index in [2.05, 4.69) is 0 Å². The molecule has 0 aliphatic rings. The lowest BCUT2D eigenvalue weighted by Crippen LogP contribution is -2.07. The van der Waals surface area contributed by atoms with Gasteiger partial charge in [-0.25, -0.2) is 9.18 Å². The average molecular weight is 222 g/mol. The third-order valence-corrected chi connectivity index (χ3v) is 2.45. The Morgan fingerprint density at radius 1 is 1.20 bits per heavy atom. The van der Waals surface area contributed by atoms with Gasteiger partial charge in [0, 0.05) is 5.38 Å². The summed E-state index contributed by atoms with van der Waals surface area (Å²) < 4.78 is 17.6. The van der Waals surface area contributed by atoms with Gasteiger partial charge in [0.05, 0.1) is 5.56 Å². The minimum atomic E-state index is -0.478. The molecule has 0 atom stereocenters. The van der Waals surface area contributed by atoms with Crippen LogP contribution in [0.15, 0.2) is 41.1 Å². The van der Waals surface area contributed by atoms with Gasteiger partial charge in [-0.1, -0.05) is 0 Å². The smallest absolute Gasteiger partial charge is 0.343 e. The first kappa shape index (κ1) is 9.86. The molecule has 0 aliphatic carbocycles. The number of carbonyl (C=O) groups excluding carboxylic acids is 1. The van der Waals surface area contributed by atoms with Crippen LogP contribution in [0.5, 0.6) is 5.75 Å². The first-order valence-corrected chi connectivity index (χ1v) is 5.20. The van der Waals surface area contributed by atoms with Gasteiger partial charge in [-0.3, -0.25) is 0 Å². The lowest BCUT2D eigenvalue weighted by Gasteiger charge is -2.00. The summed E-state index contributed by atoms with van der Waals surface area (Å²) in [7, 11) is 0. The first-order valence-electron chi connectivity index (χ1n) is 4.25. The number of esters is 1. The summed E-state index contributed by atoms with van der Waals surface area (Å²) in [4.78, 5) is 11.5. The standard InChI is InChI=1S/C11H7FO2S/c12-9-3-1-8(2-4-9)11(13)14-10-5-6-15-7-10/h1-7H. The molecule has 0 saturated heterocycles. The maximum atomic E-state index is 12.6. The first-order chi connectivity index (χ1) is 7.25. The van der Waals surface area contributed by atoms with Gasteiger partial charge in [-0.15, -0.1) is 11.3 Å². The minimum Gasteiger partial charge on any atom is -0.422 e. The van der Waals surface area contributed by atoms with Gasteiger partial charge < -0.3 is 4.74 Å². The van der Waals surface area contributed by atoms with Crippen LogP contribution in [0.2, 0.25) is 0 Å². The van der Waals surface area contributed by atoms with E-state index in [1.165, 1.54) is 35.6 Å². The van der Waals surface area contributed by atoms with Crippen molar-refractivity contribution in [2.24, 2.45) is 0 Å². The Morgan fingerprint density at radius 3 is 2.53 bits per heavy atom. The molecule has 0 aliphatic heterocycles. The van der Waals surface area contributed by atoms with Crippen molar-refractivity contribution in [2.45, 2.75) is 0 Å². The maximum absolute atomic E-state index is 12.6. The molecule has 1 heterocycles. The van der Waals surface area contributed by atoms with E-state index < -0.39 is 5.97 Å². The number of halogens is 1. The Kier molecular flexibility index (Phi) is 2.78. The summed E-state index contributed by atoms with van der Waals surface area (Å²) >= 11 is 1.44. The fourth-order valence-electron chi connectivity index (χ4n) is 1.06. The second-order valence-corrected chi connectivity index (χ2v) is 3.64. The number of thiophene rings is 1. The predicted molar refractivity (Wildman–Crippen MR) is 55.7 cm³/mol. The normalized spacial score (nSPS) is 9.93. The Hall–Kier alpha value is -1.68. The highest BCUT2D eigenvalue weighted by molar-refractivity contribution is 7.08. The van der Waals surface area contributed by atoms with E-state index in [0.717, 1.165) is 0 Å². The highest BCUT2D eigenvalue weighted by atomic mass is 32.1. The SMILES string of the molecule is O=C(Oc1ccsc1)c1ccc(F)cc1. The molecule has 2 rings (SSSR count). The van der Waals surface area contributed by atoms with Crippen molar-refractivity contribution in [3.8, 4) is 5.75 Å². The van der Waals surface area contributed by atoms with Crippen molar-refractivity contribution in [2.75, 3.05) is 0 Å². The van der Waals surface area contributed by atoms with Crippen LogP contribution >= 0.6 is 11.3 Å². The molecule has 0 spiro atoms. The number of hydrogen-bond acceptors (Lipinski definition) is 3. The fourth-order valence-corrected chi connectivity index (χ4v) is 1.61. The molecule has 1 aromatic carbocycles. The summed E-state index contributed by atoms with van der Waals surface area (Å²) in [6, 6.07) is 6.94. The molecular weight excluding hydrogens is 215 g/mol. The molecule has 0 unspecified atom stereocenters. The summed E-state index contributed by atoms with van der Waals surface area (Å²) in [5, 5.41) is 3.54. The summed E-state index contributed by atoms with van der Waals surface area (Å²) in [6.45, 7) is 0. The molecular formula is C11H7FO2S. The zero-order valence-electron chi connectivity index (χ0n) is 7.64. The van der Waals surface area contributed by atoms with Crippen molar-refractivity contribution in [3.63, 3.8) is 0 Å². The fraction of sp³-hybridized carbons (Fsp3) is 0. The highest BCUT2D eigenvalue weighted by Crippen LogP contribution is 2.16. The van der Waals surface area contributed by atoms with Gasteiger partial charge in [0.2, 0.25) is 0 Å². The van der Waals surface area contributed by atoms with Gasteiger partial charge in [-0.05, 0) is 35.7 Å². The average Bonchev–Trinajstić information content (AvgIpc) is 2.71. The summed E-state index contributed by atoms with van der Waals surface area (Å²) in [6.07, 6.45) is 0. The highest BCUT2D eigenvalue weighted by Gasteiger charge is 2.08. The quantitative estimate of drug-likeness (QED) is 0.730. The molecule has 0 fully saturated rings. The largest absolute Gasteiger partial charge is 0.422 e. The summed E-state index contributed by atoms with van der Waals surface area (Å²) in [5.74, 6) is -0.343. The van der Waals surface area contributed by atoms with Crippen molar-refractivity contribution in [1.29, 1.82) is 0 Å². The van der Waals surface area contributed by atoms with Crippen molar-refractivity contribution in [3.05, 3.63) is 52.5 Å². The third kappa shape index (κ3) is 2.41. The Labute approximate surface area is 89.9 Å². The van der Waals surface area contributed by atoms with Crippen molar-refractivity contribution >= 4 is 17.3 Å². The van der Waals surface area contributed by atoms with E-state index in [0.29, 0.717) is 11.3 Å². The topological polar surface area (TPSA) is 26.3 Å². The Balaban J connectivity index is 2.11. The lowest BCUT2D eigenvalue weighted by molar-refractivity contribution is 0.0735. The Morgan fingerprint density at radius 2 is 1.93 bits per heavy atom. The van der Waals surface area contributed by atoms with Crippen LogP contribution in [-0.4, -0.2) is 5.97 Å². The van der Waals surface area contributed by atoms with E-state index in [1.807, 2.05) is 5.38 Å². The monoisotopic (exact) mass is 222 g/mol. The van der Waals surface area contributed by atoms with Crippen molar-refractivity contribution in [1.82, 2.24) is 0 Å². The van der Waals surface area contributed by atoms with E-state index in [-0.39, 0.29) is 5.82 Å². The number of ether oxygens (including phenoxy) is 1.